The number of rotatable bonds is 10. The van der Waals surface area contributed by atoms with Crippen LogP contribution in [0.3, 0.4) is 0 Å². The van der Waals surface area contributed by atoms with Crippen LogP contribution in [0.4, 0.5) is 11.4 Å². The summed E-state index contributed by atoms with van der Waals surface area (Å²) in [5.74, 6) is 6.12. The van der Waals surface area contributed by atoms with Gasteiger partial charge >= 0.3 is 5.97 Å². The second kappa shape index (κ2) is 11.5. The van der Waals surface area contributed by atoms with Gasteiger partial charge in [-0.2, -0.15) is 0 Å². The quantitative estimate of drug-likeness (QED) is 0.179. The third kappa shape index (κ3) is 5.98. The summed E-state index contributed by atoms with van der Waals surface area (Å²) in [4.78, 5) is 12.9. The van der Waals surface area contributed by atoms with Gasteiger partial charge in [-0.15, -0.1) is 0 Å². The zero-order valence-corrected chi connectivity index (χ0v) is 22.0. The van der Waals surface area contributed by atoms with E-state index >= 15 is 0 Å². The number of nitrogen functional groups attached to an aromatic ring is 1. The topological polar surface area (TPSA) is 100 Å². The average molecular weight is 492 g/mol. The molecule has 0 heterocycles. The molecule has 0 aliphatic heterocycles. The van der Waals surface area contributed by atoms with E-state index in [1.54, 1.807) is 14.2 Å². The van der Waals surface area contributed by atoms with E-state index in [0.29, 0.717) is 24.6 Å². The van der Waals surface area contributed by atoms with Crippen molar-refractivity contribution in [3.05, 3.63) is 88.5 Å². The lowest BCUT2D eigenvalue weighted by Gasteiger charge is -2.33. The maximum Gasteiger partial charge on any atom is 0.312 e. The molecule has 0 aliphatic carbocycles. The molecular weight excluding hydrogens is 454 g/mol. The maximum atomic E-state index is 12.9. The predicted octanol–water partition coefficient (Wildman–Crippen LogP) is 4.94. The van der Waals surface area contributed by atoms with Crippen molar-refractivity contribution in [2.24, 2.45) is 11.3 Å². The minimum Gasteiger partial charge on any atom is -0.497 e. The van der Waals surface area contributed by atoms with Crippen LogP contribution >= 0.6 is 0 Å². The first-order valence-electron chi connectivity index (χ1n) is 11.8. The standard InChI is InChI=1S/C29H37N3O4/c1-19-7-10-21(15-23(19)18-36-17-20-8-12-24(34-5)13-9-20)27(29(2,3)28(33)35-6)22-11-14-26(32(4)31)25(30)16-22/h7-16,27H,17-18,30-31H2,1-6H3. The summed E-state index contributed by atoms with van der Waals surface area (Å²) in [5.41, 5.74) is 11.8. The van der Waals surface area contributed by atoms with Crippen LogP contribution in [0.2, 0.25) is 0 Å². The summed E-state index contributed by atoms with van der Waals surface area (Å²) in [6.07, 6.45) is 0. The zero-order chi connectivity index (χ0) is 26.5. The van der Waals surface area contributed by atoms with Crippen LogP contribution < -0.4 is 21.3 Å². The van der Waals surface area contributed by atoms with E-state index in [1.165, 1.54) is 12.1 Å². The van der Waals surface area contributed by atoms with Crippen LogP contribution in [-0.2, 0) is 27.5 Å². The first-order chi connectivity index (χ1) is 17.1. The molecule has 1 unspecified atom stereocenters. The summed E-state index contributed by atoms with van der Waals surface area (Å²) >= 11 is 0. The molecule has 0 amide bonds. The summed E-state index contributed by atoms with van der Waals surface area (Å²) in [6, 6.07) is 19.8. The largest absolute Gasteiger partial charge is 0.497 e. The number of esters is 1. The van der Waals surface area contributed by atoms with Gasteiger partial charge in [0.05, 0.1) is 44.2 Å². The van der Waals surface area contributed by atoms with Crippen molar-refractivity contribution < 1.29 is 19.0 Å². The van der Waals surface area contributed by atoms with E-state index in [0.717, 1.165) is 33.6 Å². The van der Waals surface area contributed by atoms with Gasteiger partial charge in [-0.3, -0.25) is 4.79 Å². The molecule has 0 fully saturated rings. The summed E-state index contributed by atoms with van der Waals surface area (Å²) in [6.45, 7) is 6.76. The van der Waals surface area contributed by atoms with Crippen LogP contribution in [0.25, 0.3) is 0 Å². The lowest BCUT2D eigenvalue weighted by atomic mass is 9.70. The van der Waals surface area contributed by atoms with E-state index in [9.17, 15) is 4.79 Å². The number of hydrogen-bond donors (Lipinski definition) is 2. The molecule has 0 saturated heterocycles. The Morgan fingerprint density at radius 2 is 1.61 bits per heavy atom. The van der Waals surface area contributed by atoms with E-state index in [1.807, 2.05) is 56.3 Å². The van der Waals surface area contributed by atoms with Crippen LogP contribution in [-0.4, -0.2) is 27.2 Å². The molecule has 0 aliphatic rings. The molecule has 0 bridgehead atoms. The molecule has 1 atom stereocenters. The van der Waals surface area contributed by atoms with E-state index in [-0.39, 0.29) is 11.9 Å². The average Bonchev–Trinajstić information content (AvgIpc) is 2.85. The van der Waals surface area contributed by atoms with Gasteiger partial charge in [0.25, 0.3) is 0 Å². The maximum absolute atomic E-state index is 12.9. The molecule has 192 valence electrons. The Kier molecular flexibility index (Phi) is 8.61. The Balaban J connectivity index is 1.93. The summed E-state index contributed by atoms with van der Waals surface area (Å²) in [7, 11) is 4.80. The third-order valence-electron chi connectivity index (χ3n) is 6.59. The van der Waals surface area contributed by atoms with Crippen molar-refractivity contribution >= 4 is 17.3 Å². The van der Waals surface area contributed by atoms with Gasteiger partial charge in [-0.05, 0) is 72.9 Å². The molecule has 3 aromatic rings. The van der Waals surface area contributed by atoms with Crippen molar-refractivity contribution in [1.82, 2.24) is 0 Å². The summed E-state index contributed by atoms with van der Waals surface area (Å²) in [5, 5.41) is 1.48. The molecule has 0 saturated carbocycles. The number of ether oxygens (including phenoxy) is 3. The minimum absolute atomic E-state index is 0.301. The normalized spacial score (nSPS) is 12.2. The van der Waals surface area contributed by atoms with E-state index in [4.69, 9.17) is 25.8 Å². The highest BCUT2D eigenvalue weighted by atomic mass is 16.5. The highest BCUT2D eigenvalue weighted by Crippen LogP contribution is 2.43. The molecule has 0 spiro atoms. The van der Waals surface area contributed by atoms with Crippen molar-refractivity contribution in [1.29, 1.82) is 0 Å². The van der Waals surface area contributed by atoms with Gasteiger partial charge in [0, 0.05) is 13.0 Å². The molecule has 0 aromatic heterocycles. The molecule has 7 nitrogen and oxygen atoms in total. The lowest BCUT2D eigenvalue weighted by molar-refractivity contribution is -0.151. The Morgan fingerprint density at radius 1 is 0.972 bits per heavy atom. The Bertz CT molecular complexity index is 1190. The van der Waals surface area contributed by atoms with Gasteiger partial charge in [0.1, 0.15) is 5.75 Å². The lowest BCUT2D eigenvalue weighted by Crippen LogP contribution is -2.33. The van der Waals surface area contributed by atoms with Crippen LogP contribution in [0.1, 0.15) is 47.6 Å². The number of carbonyl (C=O) groups excluding carboxylic acids is 1. The number of anilines is 2. The molecule has 0 radical (unpaired) electrons. The van der Waals surface area contributed by atoms with Crippen LogP contribution in [0.5, 0.6) is 5.75 Å². The third-order valence-corrected chi connectivity index (χ3v) is 6.59. The first kappa shape index (κ1) is 27.0. The van der Waals surface area contributed by atoms with Crippen molar-refractivity contribution in [2.75, 3.05) is 32.0 Å². The van der Waals surface area contributed by atoms with Crippen molar-refractivity contribution in [3.63, 3.8) is 0 Å². The van der Waals surface area contributed by atoms with Gasteiger partial charge in [-0.25, -0.2) is 5.84 Å². The van der Waals surface area contributed by atoms with Crippen LogP contribution in [0.15, 0.2) is 60.7 Å². The van der Waals surface area contributed by atoms with Gasteiger partial charge in [0.15, 0.2) is 0 Å². The molecule has 4 N–H and O–H groups in total. The second-order valence-corrected chi connectivity index (χ2v) is 9.60. The second-order valence-electron chi connectivity index (χ2n) is 9.60. The molecule has 7 heteroatoms. The Morgan fingerprint density at radius 3 is 2.19 bits per heavy atom. The number of carbonyl (C=O) groups is 1. The van der Waals surface area contributed by atoms with Gasteiger partial charge in [0.2, 0.25) is 0 Å². The fourth-order valence-electron chi connectivity index (χ4n) is 4.51. The van der Waals surface area contributed by atoms with Gasteiger partial charge < -0.3 is 25.0 Å². The van der Waals surface area contributed by atoms with Gasteiger partial charge in [-0.1, -0.05) is 36.4 Å². The first-order valence-corrected chi connectivity index (χ1v) is 11.8. The number of methoxy groups -OCH3 is 2. The molecule has 36 heavy (non-hydrogen) atoms. The SMILES string of the molecule is COC(=O)C(C)(C)C(c1ccc(N(C)N)c(N)c1)c1ccc(C)c(COCc2ccc(OC)cc2)c1. The highest BCUT2D eigenvalue weighted by Gasteiger charge is 2.40. The van der Waals surface area contributed by atoms with E-state index in [2.05, 4.69) is 25.1 Å². The zero-order valence-electron chi connectivity index (χ0n) is 22.0. The van der Waals surface area contributed by atoms with Crippen molar-refractivity contribution in [2.45, 2.75) is 39.9 Å². The highest BCUT2D eigenvalue weighted by molar-refractivity contribution is 5.79. The number of benzene rings is 3. The number of hydrazine groups is 1. The number of nitrogens with two attached hydrogens (primary N) is 2. The predicted molar refractivity (Wildman–Crippen MR) is 144 cm³/mol. The molecular formula is C29H37N3O4. The Labute approximate surface area is 213 Å². The fraction of sp³-hybridized carbons (Fsp3) is 0.345. The molecule has 3 aromatic carbocycles. The smallest absolute Gasteiger partial charge is 0.312 e. The van der Waals surface area contributed by atoms with Crippen molar-refractivity contribution in [3.8, 4) is 5.75 Å². The number of aryl methyl sites for hydroxylation is 1. The summed E-state index contributed by atoms with van der Waals surface area (Å²) < 4.78 is 16.4. The minimum atomic E-state index is -0.853. The number of nitrogens with zero attached hydrogens (tertiary/aromatic N) is 1. The van der Waals surface area contributed by atoms with E-state index < -0.39 is 5.41 Å². The Hall–Kier alpha value is -3.55. The monoisotopic (exact) mass is 491 g/mol. The fourth-order valence-corrected chi connectivity index (χ4v) is 4.51. The van der Waals surface area contributed by atoms with Crippen LogP contribution in [0, 0.1) is 12.3 Å². The molecule has 3 rings (SSSR count). The number of hydrogen-bond acceptors (Lipinski definition) is 7.